The minimum absolute atomic E-state index is 0.409. The van der Waals surface area contributed by atoms with E-state index in [1.165, 1.54) is 64.2 Å². The summed E-state index contributed by atoms with van der Waals surface area (Å²) in [7, 11) is 0.835. The Morgan fingerprint density at radius 2 is 1.45 bits per heavy atom. The monoisotopic (exact) mass is 553 g/mol. The van der Waals surface area contributed by atoms with E-state index in [4.69, 9.17) is 8.85 Å². The minimum atomic E-state index is 0.409. The third-order valence-corrected chi connectivity index (χ3v) is 9.71. The average Bonchev–Trinajstić information content (AvgIpc) is 2.94. The van der Waals surface area contributed by atoms with Crippen LogP contribution in [0.1, 0.15) is 106 Å². The normalized spacial score (nSPS) is 14.6. The molecular formula is C31H51N3O2Si2. The molecule has 5 nitrogen and oxygen atoms in total. The molecule has 0 amide bonds. The van der Waals surface area contributed by atoms with E-state index in [0.29, 0.717) is 37.0 Å². The zero-order valence-electron chi connectivity index (χ0n) is 24.8. The Labute approximate surface area is 238 Å². The smallest absolute Gasteiger partial charge is 0.313 e. The van der Waals surface area contributed by atoms with Crippen LogP contribution in [0.3, 0.4) is 0 Å². The van der Waals surface area contributed by atoms with Gasteiger partial charge in [0.05, 0.1) is 0 Å². The van der Waals surface area contributed by atoms with Crippen molar-refractivity contribution in [1.82, 2.24) is 15.2 Å². The van der Waals surface area contributed by atoms with Crippen molar-refractivity contribution in [2.24, 2.45) is 23.7 Å². The third-order valence-electron chi connectivity index (χ3n) is 7.57. The second kappa shape index (κ2) is 19.3. The number of rotatable bonds is 21. The molecular weight excluding hydrogens is 503 g/mol. The number of pyridine rings is 1. The summed E-state index contributed by atoms with van der Waals surface area (Å²) in [5, 5.41) is 8.71. The van der Waals surface area contributed by atoms with Crippen LogP contribution in [0.2, 0.25) is 12.1 Å². The number of hydrogen-bond acceptors (Lipinski definition) is 5. The van der Waals surface area contributed by atoms with E-state index < -0.39 is 0 Å². The van der Waals surface area contributed by atoms with Crippen LogP contribution in [0.5, 0.6) is 11.6 Å². The fraction of sp³-hybridized carbons (Fsp3) is 0.710. The van der Waals surface area contributed by atoms with E-state index in [2.05, 4.69) is 56.7 Å². The summed E-state index contributed by atoms with van der Waals surface area (Å²) in [6.07, 6.45) is 14.8. The van der Waals surface area contributed by atoms with Crippen molar-refractivity contribution < 1.29 is 8.85 Å². The van der Waals surface area contributed by atoms with Crippen molar-refractivity contribution in [2.75, 3.05) is 0 Å². The predicted octanol–water partition coefficient (Wildman–Crippen LogP) is 8.86. The Hall–Kier alpha value is -1.74. The number of nitrogens with zero attached hydrogens (tertiary/aromatic N) is 3. The van der Waals surface area contributed by atoms with Crippen LogP contribution in [-0.4, -0.2) is 34.7 Å². The van der Waals surface area contributed by atoms with Crippen LogP contribution in [0.4, 0.5) is 0 Å². The van der Waals surface area contributed by atoms with Gasteiger partial charge in [-0.1, -0.05) is 106 Å². The Morgan fingerprint density at radius 3 is 2.16 bits per heavy atom. The molecule has 0 aliphatic heterocycles. The molecule has 0 N–H and O–H groups in total. The standard InChI is InChI=1S/C31H51N3O2Si2/c1-7-9-13-24(3)17-18-25(4)23-38-36-30-20-19-28(33-34-30)31-29(16-11-21-32-31)35-37-22-12-15-27(6)26(5)14-10-8-2/h11,16,19-21,24-27H,7-10,12-15,17-18,22-23H2,1-6H3. The van der Waals surface area contributed by atoms with Gasteiger partial charge in [0.1, 0.15) is 17.1 Å². The highest BCUT2D eigenvalue weighted by Crippen LogP contribution is 2.27. The molecule has 0 fully saturated rings. The number of aromatic nitrogens is 3. The predicted molar refractivity (Wildman–Crippen MR) is 162 cm³/mol. The Balaban J connectivity index is 1.74. The third kappa shape index (κ3) is 12.9. The van der Waals surface area contributed by atoms with E-state index in [1.54, 1.807) is 6.20 Å². The summed E-state index contributed by atoms with van der Waals surface area (Å²) in [6.45, 7) is 14.1. The van der Waals surface area contributed by atoms with E-state index in [1.807, 2.05) is 24.3 Å². The van der Waals surface area contributed by atoms with Gasteiger partial charge in [0.25, 0.3) is 0 Å². The molecule has 0 saturated carbocycles. The van der Waals surface area contributed by atoms with Gasteiger partial charge in [0.2, 0.25) is 5.88 Å². The van der Waals surface area contributed by atoms with E-state index >= 15 is 0 Å². The summed E-state index contributed by atoms with van der Waals surface area (Å²) in [4.78, 5) is 4.53. The first kappa shape index (κ1) is 32.5. The van der Waals surface area contributed by atoms with Gasteiger partial charge >= 0.3 is 19.5 Å². The molecule has 0 aromatic carbocycles. The Bertz CT molecular complexity index is 868. The number of hydrogen-bond donors (Lipinski definition) is 0. The van der Waals surface area contributed by atoms with Crippen LogP contribution in [0.15, 0.2) is 30.5 Å². The highest BCUT2D eigenvalue weighted by Gasteiger charge is 2.14. The van der Waals surface area contributed by atoms with E-state index in [9.17, 15) is 0 Å². The summed E-state index contributed by atoms with van der Waals surface area (Å²) in [5.74, 6) is 4.45. The van der Waals surface area contributed by atoms with Gasteiger partial charge in [-0.15, -0.1) is 10.2 Å². The molecule has 2 heterocycles. The molecule has 0 bridgehead atoms. The SMILES string of the molecule is CCCCC(C)CCC(C)C[Si]Oc1ccc(-c2ncccc2O[Si]CCCC(C)C(C)CCCC)nn1. The van der Waals surface area contributed by atoms with Gasteiger partial charge in [0.15, 0.2) is 0 Å². The highest BCUT2D eigenvalue weighted by atomic mass is 28.2. The first-order valence-corrected chi connectivity index (χ1v) is 17.3. The topological polar surface area (TPSA) is 57.1 Å². The highest BCUT2D eigenvalue weighted by molar-refractivity contribution is 6.28. The van der Waals surface area contributed by atoms with Crippen molar-refractivity contribution in [2.45, 2.75) is 118 Å². The maximum Gasteiger partial charge on any atom is 0.313 e. The second-order valence-electron chi connectivity index (χ2n) is 11.2. The van der Waals surface area contributed by atoms with Crippen molar-refractivity contribution >= 4 is 19.5 Å². The Kier molecular flexibility index (Phi) is 16.5. The Morgan fingerprint density at radius 1 is 0.737 bits per heavy atom. The average molecular weight is 554 g/mol. The molecule has 0 saturated heterocycles. The molecule has 38 heavy (non-hydrogen) atoms. The summed E-state index contributed by atoms with van der Waals surface area (Å²) in [5.41, 5.74) is 1.46. The molecule has 4 unspecified atom stereocenters. The fourth-order valence-electron chi connectivity index (χ4n) is 4.51. The molecule has 2 rings (SSSR count). The lowest BCUT2D eigenvalue weighted by Gasteiger charge is -2.19. The van der Waals surface area contributed by atoms with Crippen molar-refractivity contribution in [3.05, 3.63) is 30.5 Å². The van der Waals surface area contributed by atoms with Gasteiger partial charge in [-0.05, 0) is 54.0 Å². The van der Waals surface area contributed by atoms with Crippen LogP contribution < -0.4 is 8.85 Å². The minimum Gasteiger partial charge on any atom is -0.539 e. The van der Waals surface area contributed by atoms with Crippen molar-refractivity contribution in [3.63, 3.8) is 0 Å². The first-order chi connectivity index (χ1) is 18.4. The molecule has 4 atom stereocenters. The second-order valence-corrected chi connectivity index (χ2v) is 13.1. The molecule has 0 spiro atoms. The lowest BCUT2D eigenvalue weighted by molar-refractivity contribution is 0.333. The van der Waals surface area contributed by atoms with Crippen LogP contribution >= 0.6 is 0 Å². The zero-order valence-corrected chi connectivity index (χ0v) is 26.8. The lowest BCUT2D eigenvalue weighted by Crippen LogP contribution is -2.10. The largest absolute Gasteiger partial charge is 0.539 e. The van der Waals surface area contributed by atoms with E-state index in [0.717, 1.165) is 41.3 Å². The van der Waals surface area contributed by atoms with Gasteiger partial charge in [-0.3, -0.25) is 4.98 Å². The molecule has 0 aliphatic carbocycles. The van der Waals surface area contributed by atoms with Crippen molar-refractivity contribution in [3.8, 4) is 23.0 Å². The lowest BCUT2D eigenvalue weighted by atomic mass is 9.88. The van der Waals surface area contributed by atoms with Gasteiger partial charge in [0, 0.05) is 12.3 Å². The molecule has 2 aromatic heterocycles. The molecule has 2 aromatic rings. The summed E-state index contributed by atoms with van der Waals surface area (Å²) < 4.78 is 12.1. The van der Waals surface area contributed by atoms with Gasteiger partial charge in [-0.25, -0.2) is 0 Å². The van der Waals surface area contributed by atoms with Crippen LogP contribution in [0.25, 0.3) is 11.4 Å². The van der Waals surface area contributed by atoms with E-state index in [-0.39, 0.29) is 0 Å². The van der Waals surface area contributed by atoms with Crippen LogP contribution in [0, 0.1) is 23.7 Å². The summed E-state index contributed by atoms with van der Waals surface area (Å²) in [6, 6.07) is 9.87. The molecule has 210 valence electrons. The first-order valence-electron chi connectivity index (χ1n) is 15.0. The quantitative estimate of drug-likeness (QED) is 0.114. The molecule has 4 radical (unpaired) electrons. The zero-order chi connectivity index (χ0) is 27.6. The number of unbranched alkanes of at least 4 members (excludes halogenated alkanes) is 2. The van der Waals surface area contributed by atoms with Crippen LogP contribution in [-0.2, 0) is 0 Å². The fourth-order valence-corrected chi connectivity index (χ4v) is 6.11. The van der Waals surface area contributed by atoms with Gasteiger partial charge in [-0.2, -0.15) is 0 Å². The molecule has 7 heteroatoms. The summed E-state index contributed by atoms with van der Waals surface area (Å²) >= 11 is 0. The molecule has 0 aliphatic rings. The van der Waals surface area contributed by atoms with Crippen molar-refractivity contribution in [1.29, 1.82) is 0 Å². The maximum absolute atomic E-state index is 6.15. The van der Waals surface area contributed by atoms with Gasteiger partial charge < -0.3 is 8.85 Å². The maximum atomic E-state index is 6.15.